The van der Waals surface area contributed by atoms with E-state index >= 15 is 0 Å². The lowest BCUT2D eigenvalue weighted by atomic mass is 10.2. The topological polar surface area (TPSA) is 63.4 Å². The molecule has 0 fully saturated rings. The van der Waals surface area contributed by atoms with Gasteiger partial charge in [0.15, 0.2) is 0 Å². The summed E-state index contributed by atoms with van der Waals surface area (Å²) >= 11 is 5.96. The van der Waals surface area contributed by atoms with E-state index in [1.54, 1.807) is 6.07 Å². The summed E-state index contributed by atoms with van der Waals surface area (Å²) in [5.41, 5.74) is 7.07. The van der Waals surface area contributed by atoms with Crippen LogP contribution in [0.15, 0.2) is 34.7 Å². The van der Waals surface area contributed by atoms with Crippen molar-refractivity contribution in [3.63, 3.8) is 0 Å². The molecule has 1 aromatic carbocycles. The van der Waals surface area contributed by atoms with Crippen LogP contribution in [0.2, 0.25) is 5.02 Å². The van der Waals surface area contributed by atoms with Gasteiger partial charge in [-0.05, 0) is 31.5 Å². The third kappa shape index (κ3) is 2.53. The summed E-state index contributed by atoms with van der Waals surface area (Å²) in [4.78, 5) is 0.0823. The first kappa shape index (κ1) is 13.4. The normalized spacial score (nSPS) is 17.6. The quantitative estimate of drug-likeness (QED) is 0.670. The molecule has 0 unspecified atom stereocenters. The second-order valence-electron chi connectivity index (χ2n) is 4.37. The molecule has 1 heterocycles. The van der Waals surface area contributed by atoms with Gasteiger partial charge in [0.05, 0.1) is 5.02 Å². The maximum absolute atomic E-state index is 12.5. The number of benzene rings is 1. The highest BCUT2D eigenvalue weighted by Gasteiger charge is 2.28. The minimum Gasteiger partial charge on any atom is -0.399 e. The molecule has 18 heavy (non-hydrogen) atoms. The minimum atomic E-state index is -3.57. The Morgan fingerprint density at radius 1 is 1.39 bits per heavy atom. The predicted octanol–water partition coefficient (Wildman–Crippen LogP) is 2.26. The average molecular weight is 287 g/mol. The van der Waals surface area contributed by atoms with Crippen LogP contribution in [0.5, 0.6) is 0 Å². The van der Waals surface area contributed by atoms with Crippen LogP contribution in [0.1, 0.15) is 13.3 Å². The Morgan fingerprint density at radius 2 is 2.11 bits per heavy atom. The summed E-state index contributed by atoms with van der Waals surface area (Å²) in [7, 11) is -3.57. The van der Waals surface area contributed by atoms with Gasteiger partial charge in [0.2, 0.25) is 10.0 Å². The zero-order chi connectivity index (χ0) is 13.3. The molecule has 2 N–H and O–H groups in total. The van der Waals surface area contributed by atoms with Crippen LogP contribution < -0.4 is 5.73 Å². The fraction of sp³-hybridized carbons (Fsp3) is 0.333. The maximum atomic E-state index is 12.5. The van der Waals surface area contributed by atoms with Gasteiger partial charge in [0, 0.05) is 18.8 Å². The standard InChI is InChI=1S/C12H15ClN2O2S/c1-9-3-2-6-15(8-9)18(16,17)12-7-10(14)4-5-11(12)13/h3-5,7H,2,6,8,14H2,1H3. The summed E-state index contributed by atoms with van der Waals surface area (Å²) in [6, 6.07) is 4.50. The molecule has 0 bridgehead atoms. The Kier molecular flexibility index (Phi) is 3.66. The Labute approximate surface area is 112 Å². The number of hydrogen-bond donors (Lipinski definition) is 1. The second kappa shape index (κ2) is 4.91. The van der Waals surface area contributed by atoms with Gasteiger partial charge in [-0.1, -0.05) is 23.3 Å². The molecule has 98 valence electrons. The number of rotatable bonds is 2. The molecule has 0 aromatic heterocycles. The van der Waals surface area contributed by atoms with E-state index in [2.05, 4.69) is 0 Å². The molecule has 1 aliphatic heterocycles. The van der Waals surface area contributed by atoms with Crippen molar-refractivity contribution in [2.45, 2.75) is 18.2 Å². The molecular formula is C12H15ClN2O2S. The van der Waals surface area contributed by atoms with E-state index < -0.39 is 10.0 Å². The maximum Gasteiger partial charge on any atom is 0.244 e. The summed E-state index contributed by atoms with van der Waals surface area (Å²) in [5, 5.41) is 0.205. The van der Waals surface area contributed by atoms with Crippen molar-refractivity contribution in [2.24, 2.45) is 0 Å². The zero-order valence-corrected chi connectivity index (χ0v) is 11.6. The molecule has 0 aliphatic carbocycles. The number of nitrogen functional groups attached to an aromatic ring is 1. The molecule has 0 saturated heterocycles. The smallest absolute Gasteiger partial charge is 0.244 e. The number of anilines is 1. The molecule has 0 radical (unpaired) electrons. The Balaban J connectivity index is 2.42. The third-order valence-corrected chi connectivity index (χ3v) is 5.20. The summed E-state index contributed by atoms with van der Waals surface area (Å²) in [5.74, 6) is 0. The van der Waals surface area contributed by atoms with Gasteiger partial charge in [-0.2, -0.15) is 4.31 Å². The van der Waals surface area contributed by atoms with Gasteiger partial charge in [0.1, 0.15) is 4.90 Å². The second-order valence-corrected chi connectivity index (χ2v) is 6.68. The Bertz CT molecular complexity index is 596. The van der Waals surface area contributed by atoms with Crippen molar-refractivity contribution in [3.05, 3.63) is 34.9 Å². The first-order chi connectivity index (χ1) is 8.41. The van der Waals surface area contributed by atoms with E-state index in [0.29, 0.717) is 18.8 Å². The van der Waals surface area contributed by atoms with E-state index in [4.69, 9.17) is 17.3 Å². The van der Waals surface area contributed by atoms with Crippen molar-refractivity contribution in [1.82, 2.24) is 4.31 Å². The van der Waals surface area contributed by atoms with Crippen LogP contribution in [-0.4, -0.2) is 25.8 Å². The van der Waals surface area contributed by atoms with Crippen molar-refractivity contribution in [1.29, 1.82) is 0 Å². The van der Waals surface area contributed by atoms with Gasteiger partial charge in [-0.3, -0.25) is 0 Å². The molecule has 1 aliphatic rings. The van der Waals surface area contributed by atoms with Gasteiger partial charge in [0.25, 0.3) is 0 Å². The molecule has 6 heteroatoms. The molecule has 1 aromatic rings. The fourth-order valence-corrected chi connectivity index (χ4v) is 3.95. The van der Waals surface area contributed by atoms with Crippen LogP contribution in [0, 0.1) is 0 Å². The molecule has 0 atom stereocenters. The summed E-state index contributed by atoms with van der Waals surface area (Å²) < 4.78 is 26.4. The largest absolute Gasteiger partial charge is 0.399 e. The highest BCUT2D eigenvalue weighted by Crippen LogP contribution is 2.28. The molecule has 4 nitrogen and oxygen atoms in total. The predicted molar refractivity (Wildman–Crippen MR) is 73.0 cm³/mol. The first-order valence-electron chi connectivity index (χ1n) is 5.62. The minimum absolute atomic E-state index is 0.0823. The van der Waals surface area contributed by atoms with Crippen molar-refractivity contribution in [2.75, 3.05) is 18.8 Å². The number of halogens is 1. The SMILES string of the molecule is CC1=CCCN(S(=O)(=O)c2cc(N)ccc2Cl)C1. The molecule has 0 amide bonds. The van der Waals surface area contributed by atoms with Gasteiger partial charge in [-0.15, -0.1) is 0 Å². The van der Waals surface area contributed by atoms with Gasteiger partial charge >= 0.3 is 0 Å². The lowest BCUT2D eigenvalue weighted by Crippen LogP contribution is -2.35. The van der Waals surface area contributed by atoms with Crippen LogP contribution in [0.4, 0.5) is 5.69 Å². The number of sulfonamides is 1. The number of hydrogen-bond acceptors (Lipinski definition) is 3. The monoisotopic (exact) mass is 286 g/mol. The Morgan fingerprint density at radius 3 is 2.78 bits per heavy atom. The molecule has 2 rings (SSSR count). The fourth-order valence-electron chi connectivity index (χ4n) is 1.94. The lowest BCUT2D eigenvalue weighted by molar-refractivity contribution is 0.428. The van der Waals surface area contributed by atoms with Gasteiger partial charge < -0.3 is 5.73 Å². The van der Waals surface area contributed by atoms with E-state index in [1.165, 1.54) is 16.4 Å². The average Bonchev–Trinajstić information content (AvgIpc) is 2.32. The highest BCUT2D eigenvalue weighted by atomic mass is 35.5. The third-order valence-electron chi connectivity index (χ3n) is 2.87. The summed E-state index contributed by atoms with van der Waals surface area (Å²) in [6.45, 7) is 2.81. The van der Waals surface area contributed by atoms with E-state index in [1.807, 2.05) is 13.0 Å². The first-order valence-corrected chi connectivity index (χ1v) is 7.44. The molecule has 0 saturated carbocycles. The zero-order valence-electron chi connectivity index (χ0n) is 10.1. The van der Waals surface area contributed by atoms with E-state index in [-0.39, 0.29) is 9.92 Å². The van der Waals surface area contributed by atoms with Crippen molar-refractivity contribution < 1.29 is 8.42 Å². The lowest BCUT2D eigenvalue weighted by Gasteiger charge is -2.25. The highest BCUT2D eigenvalue weighted by molar-refractivity contribution is 7.89. The van der Waals surface area contributed by atoms with Crippen molar-refractivity contribution in [3.8, 4) is 0 Å². The number of nitrogens with two attached hydrogens (primary N) is 1. The summed E-state index contributed by atoms with van der Waals surface area (Å²) in [6.07, 6.45) is 2.78. The van der Waals surface area contributed by atoms with Crippen molar-refractivity contribution >= 4 is 27.3 Å². The Hall–Kier alpha value is -1.04. The van der Waals surface area contributed by atoms with E-state index in [9.17, 15) is 8.42 Å². The van der Waals surface area contributed by atoms with Crippen LogP contribution in [-0.2, 0) is 10.0 Å². The van der Waals surface area contributed by atoms with Crippen LogP contribution in [0.25, 0.3) is 0 Å². The number of nitrogens with zero attached hydrogens (tertiary/aromatic N) is 1. The molecular weight excluding hydrogens is 272 g/mol. The van der Waals surface area contributed by atoms with Gasteiger partial charge in [-0.25, -0.2) is 8.42 Å². The van der Waals surface area contributed by atoms with Crippen LogP contribution in [0.3, 0.4) is 0 Å². The van der Waals surface area contributed by atoms with E-state index in [0.717, 1.165) is 12.0 Å². The van der Waals surface area contributed by atoms with Crippen LogP contribution >= 0.6 is 11.6 Å². The molecule has 0 spiro atoms.